The van der Waals surface area contributed by atoms with Gasteiger partial charge >= 0.3 is 31.3 Å². The van der Waals surface area contributed by atoms with Crippen LogP contribution in [0.1, 0.15) is 6.92 Å². The van der Waals surface area contributed by atoms with Crippen molar-refractivity contribution in [3.8, 4) is 0 Å². The Morgan fingerprint density at radius 1 is 1.45 bits per heavy atom. The van der Waals surface area contributed by atoms with E-state index in [0.717, 1.165) is 0 Å². The van der Waals surface area contributed by atoms with Crippen molar-refractivity contribution in [3.63, 3.8) is 0 Å². The van der Waals surface area contributed by atoms with Gasteiger partial charge < -0.3 is 9.03 Å². The molecule has 0 heterocycles. The van der Waals surface area contributed by atoms with Gasteiger partial charge in [-0.15, -0.1) is 0 Å². The minimum absolute atomic E-state index is 0. The van der Waals surface area contributed by atoms with Crippen LogP contribution in [0.15, 0.2) is 24.8 Å². The molecule has 0 unspecified atom stereocenters. The number of rotatable bonds is 2. The molecule has 0 aromatic rings. The van der Waals surface area contributed by atoms with E-state index in [1.54, 1.807) is 24.7 Å². The van der Waals surface area contributed by atoms with E-state index in [1.165, 1.54) is 0 Å². The summed E-state index contributed by atoms with van der Waals surface area (Å²) < 4.78 is 11.3. The Labute approximate surface area is 86.2 Å². The molecule has 0 saturated heterocycles. The zero-order chi connectivity index (χ0) is 8.41. The zero-order valence-corrected chi connectivity index (χ0v) is 10.1. The van der Waals surface area contributed by atoms with Crippen LogP contribution in [0.2, 0.25) is 0 Å². The molecule has 2 nitrogen and oxygen atoms in total. The molecule has 11 heavy (non-hydrogen) atoms. The zero-order valence-electron chi connectivity index (χ0n) is 7.37. The summed E-state index contributed by atoms with van der Waals surface area (Å²) in [5.74, 6) is 0. The van der Waals surface area contributed by atoms with Crippen LogP contribution in [0.4, 0.5) is 0 Å². The van der Waals surface area contributed by atoms with E-state index in [0.29, 0.717) is 0 Å². The van der Waals surface area contributed by atoms with Gasteiger partial charge in [-0.3, -0.25) is 0 Å². The van der Waals surface area contributed by atoms with Crippen molar-refractivity contribution < 1.29 is 26.2 Å². The number of hydrogen-bond donors (Lipinski definition) is 0. The molecule has 0 aliphatic rings. The largest absolute Gasteiger partial charge is 2.00 e. The molecule has 0 saturated carbocycles. The van der Waals surface area contributed by atoms with Crippen molar-refractivity contribution in [2.45, 2.75) is 6.92 Å². The van der Waals surface area contributed by atoms with Crippen molar-refractivity contribution in [1.29, 1.82) is 0 Å². The molecule has 0 N–H and O–H groups in total. The molecule has 0 fully saturated rings. The molecule has 0 spiro atoms. The van der Waals surface area contributed by atoms with Crippen LogP contribution in [0.25, 0.3) is 0 Å². The van der Waals surface area contributed by atoms with Crippen LogP contribution < -0.4 is 0 Å². The number of nitrogens with zero attached hydrogens (tertiary/aromatic N) is 1. The normalized spacial score (nSPS) is 7.18. The van der Waals surface area contributed by atoms with Crippen LogP contribution >= 0.6 is 0 Å². The summed E-state index contributed by atoms with van der Waals surface area (Å²) >= 11 is 0. The molecule has 0 aromatic heterocycles. The molecule has 4 heteroatoms. The van der Waals surface area contributed by atoms with Gasteiger partial charge in [0, 0.05) is 0 Å². The molecule has 0 rings (SSSR count). The van der Waals surface area contributed by atoms with Crippen molar-refractivity contribution in [3.05, 3.63) is 24.8 Å². The summed E-state index contributed by atoms with van der Waals surface area (Å²) in [4.78, 5) is 0. The summed E-state index contributed by atoms with van der Waals surface area (Å²) in [6.07, 6.45) is 5.58. The Hall–Kier alpha value is 0.0112. The summed E-state index contributed by atoms with van der Waals surface area (Å²) in [5.41, 5.74) is 0. The molecule has 60 valence electrons. The van der Waals surface area contributed by atoms with Crippen molar-refractivity contribution in [1.82, 2.24) is 4.57 Å². The summed E-state index contributed by atoms with van der Waals surface area (Å²) in [6, 6.07) is 0. The maximum Gasteiger partial charge on any atom is 2.00 e. The fourth-order valence-electron chi connectivity index (χ4n) is 0.136. The molecule has 0 aliphatic heterocycles. The van der Waals surface area contributed by atoms with Crippen molar-refractivity contribution in [2.75, 3.05) is 14.1 Å². The topological polar surface area (TPSA) is 20.3 Å². The molecule has 0 radical (unpaired) electrons. The fraction of sp³-hybridized carbons (Fsp3) is 0.429. The van der Waals surface area contributed by atoms with Crippen LogP contribution in [0.5, 0.6) is 0 Å². The first-order valence-corrected chi connectivity index (χ1v) is 4.03. The van der Waals surface area contributed by atoms with E-state index >= 15 is 0 Å². The summed E-state index contributed by atoms with van der Waals surface area (Å²) in [6.45, 7) is 5.42. The van der Waals surface area contributed by atoms with Gasteiger partial charge in [0.05, 0.1) is 0 Å². The van der Waals surface area contributed by atoms with E-state index in [-0.39, 0.29) is 21.7 Å². The molecule has 0 amide bonds. The maximum atomic E-state index is 9.64. The van der Waals surface area contributed by atoms with Gasteiger partial charge in [-0.05, 0) is 21.0 Å². The van der Waals surface area contributed by atoms with Gasteiger partial charge in [-0.2, -0.15) is 0 Å². The predicted octanol–water partition coefficient (Wildman–Crippen LogP) is 0.991. The van der Waals surface area contributed by atoms with Crippen LogP contribution in [-0.2, 0) is 26.2 Å². The van der Waals surface area contributed by atoms with Gasteiger partial charge in [-0.1, -0.05) is 24.8 Å². The monoisotopic (exact) mass is 205 g/mol. The maximum absolute atomic E-state index is 9.64. The Morgan fingerprint density at radius 2 is 1.82 bits per heavy atom. The van der Waals surface area contributed by atoms with Crippen molar-refractivity contribution >= 4 is 9.57 Å². The summed E-state index contributed by atoms with van der Waals surface area (Å²) in [5, 5.41) is 0. The Morgan fingerprint density at radius 3 is 1.82 bits per heavy atom. The molecule has 0 aromatic carbocycles. The minimum atomic E-state index is -0.685. The SMILES string of the molecule is C=CC=CC.CN(C)[SiH]=O.[Ti+2]. The molecule has 0 aliphatic carbocycles. The second kappa shape index (κ2) is 16.5. The Bertz CT molecular complexity index is 115. The first-order chi connectivity index (χ1) is 4.68. The van der Waals surface area contributed by atoms with E-state index in [4.69, 9.17) is 0 Å². The third kappa shape index (κ3) is 39.9. The average Bonchev–Trinajstić information content (AvgIpc) is 1.91. The first kappa shape index (κ1) is 17.2. The molecular formula is C7H15NOSiTi+2. The second-order valence-electron chi connectivity index (χ2n) is 1.83. The van der Waals surface area contributed by atoms with Gasteiger partial charge in [0.15, 0.2) is 0 Å². The van der Waals surface area contributed by atoms with Crippen LogP contribution in [0.3, 0.4) is 0 Å². The summed E-state index contributed by atoms with van der Waals surface area (Å²) in [7, 11) is 2.87. The standard InChI is InChI=1S/C5H8.C2H7NOSi.Ti/c1-3-5-4-2;1-3(2)5-4;/h3-5H,1H2,2H3;5H,1-2H3;/q;;+2. The smallest absolute Gasteiger partial charge is 0.385 e. The van der Waals surface area contributed by atoms with E-state index in [2.05, 4.69) is 6.58 Å². The second-order valence-corrected chi connectivity index (χ2v) is 3.07. The van der Waals surface area contributed by atoms with Gasteiger partial charge in [0.2, 0.25) is 0 Å². The third-order valence-corrected chi connectivity index (χ3v) is 0.961. The molecule has 0 atom stereocenters. The molecular weight excluding hydrogens is 190 g/mol. The van der Waals surface area contributed by atoms with E-state index in [1.807, 2.05) is 19.1 Å². The van der Waals surface area contributed by atoms with Gasteiger partial charge in [0.1, 0.15) is 0 Å². The molecule has 0 bridgehead atoms. The van der Waals surface area contributed by atoms with Gasteiger partial charge in [0.25, 0.3) is 0 Å². The quantitative estimate of drug-likeness (QED) is 0.495. The van der Waals surface area contributed by atoms with E-state index < -0.39 is 9.57 Å². The Balaban J connectivity index is -0.000000107. The third-order valence-electron chi connectivity index (χ3n) is 0.539. The van der Waals surface area contributed by atoms with Crippen molar-refractivity contribution in [2.24, 2.45) is 0 Å². The predicted molar refractivity (Wildman–Crippen MR) is 46.5 cm³/mol. The Kier molecular flexibility index (Phi) is 25.9. The van der Waals surface area contributed by atoms with Gasteiger partial charge in [-0.25, -0.2) is 0 Å². The minimum Gasteiger partial charge on any atom is -0.385 e. The van der Waals surface area contributed by atoms with Crippen LogP contribution in [-0.4, -0.2) is 28.2 Å². The number of hydrogen-bond acceptors (Lipinski definition) is 1. The fourth-order valence-corrected chi connectivity index (χ4v) is 0.136. The average molecular weight is 205 g/mol. The first-order valence-electron chi connectivity index (χ1n) is 3.04. The van der Waals surface area contributed by atoms with Crippen LogP contribution in [0, 0.1) is 0 Å². The van der Waals surface area contributed by atoms with E-state index in [9.17, 15) is 4.46 Å². The number of allylic oxidation sites excluding steroid dienone is 3.